The van der Waals surface area contributed by atoms with Crippen molar-refractivity contribution in [3.8, 4) is 39.1 Å². The lowest BCUT2D eigenvalue weighted by molar-refractivity contribution is 0.629. The van der Waals surface area contributed by atoms with Crippen LogP contribution < -0.4 is 4.90 Å². The molecule has 0 bridgehead atoms. The van der Waals surface area contributed by atoms with Crippen molar-refractivity contribution in [2.75, 3.05) is 4.90 Å². The monoisotopic (exact) mass is 796 g/mol. The van der Waals surface area contributed by atoms with E-state index in [1.165, 1.54) is 83.3 Å². The average Bonchev–Trinajstić information content (AvgIpc) is 3.77. The molecule has 62 heavy (non-hydrogen) atoms. The molecule has 2 aliphatic carbocycles. The van der Waals surface area contributed by atoms with E-state index in [9.17, 15) is 0 Å². The van der Waals surface area contributed by atoms with Gasteiger partial charge in [0.25, 0.3) is 0 Å². The molecule has 2 heteroatoms. The Bertz CT molecular complexity index is 3220. The molecule has 2 atom stereocenters. The number of rotatable bonds is 8. The van der Waals surface area contributed by atoms with Crippen LogP contribution in [0.5, 0.6) is 0 Å². The lowest BCUT2D eigenvalue weighted by Crippen LogP contribution is -2.21. The largest absolute Gasteiger partial charge is 0.311 e. The zero-order valence-corrected chi connectivity index (χ0v) is 35.5. The van der Waals surface area contributed by atoms with Crippen molar-refractivity contribution >= 4 is 39.3 Å². The summed E-state index contributed by atoms with van der Waals surface area (Å²) in [5.41, 5.74) is 19.7. The number of anilines is 2. The van der Waals surface area contributed by atoms with Crippen LogP contribution in [0.25, 0.3) is 66.9 Å². The molecule has 1 aromatic heterocycles. The maximum atomic E-state index is 3.95. The molecule has 8 aromatic carbocycles. The third kappa shape index (κ3) is 6.25. The quantitative estimate of drug-likeness (QED) is 0.149. The molecule has 0 radical (unpaired) electrons. The van der Waals surface area contributed by atoms with Crippen LogP contribution >= 0.6 is 0 Å². The molecule has 2 unspecified atom stereocenters. The minimum atomic E-state index is -0.0981. The van der Waals surface area contributed by atoms with Gasteiger partial charge in [-0.05, 0) is 128 Å². The molecule has 298 valence electrons. The third-order valence-electron chi connectivity index (χ3n) is 13.5. The fraction of sp³-hybridized carbons (Fsp3) is 0.100. The highest BCUT2D eigenvalue weighted by Gasteiger charge is 2.36. The second kappa shape index (κ2) is 14.9. The maximum Gasteiger partial charge on any atom is 0.0541 e. The Morgan fingerprint density at radius 2 is 1.15 bits per heavy atom. The molecular formula is C60H48N2. The first-order valence-electron chi connectivity index (χ1n) is 21.8. The Balaban J connectivity index is 0.995. The standard InChI is InChI=1S/C60H48N2/c1-5-41-20-22-44(23-21-41)45-26-34-58-54(37-45)55-38-46(27-35-59(55)62(58)47-16-10-7-11-17-47)51-32-30-49(36-40(51)2)61(48-28-24-43(25-29-48)42-14-8-6-9-15-42)50-31-33-53-52-18-12-13-19-56(52)60(3,4)57(53)39-50/h5-40,51H,1H2,2-4H3. The summed E-state index contributed by atoms with van der Waals surface area (Å²) in [6.07, 6.45) is 9.16. The number of para-hydroxylation sites is 1. The third-order valence-corrected chi connectivity index (χ3v) is 13.5. The average molecular weight is 797 g/mol. The van der Waals surface area contributed by atoms with Crippen LogP contribution in [0.1, 0.15) is 48.9 Å². The van der Waals surface area contributed by atoms with Gasteiger partial charge in [-0.25, -0.2) is 0 Å². The molecule has 0 amide bonds. The van der Waals surface area contributed by atoms with Gasteiger partial charge in [-0.2, -0.15) is 0 Å². The fourth-order valence-corrected chi connectivity index (χ4v) is 10.2. The molecule has 0 saturated carbocycles. The van der Waals surface area contributed by atoms with Crippen molar-refractivity contribution in [2.45, 2.75) is 32.1 Å². The molecule has 2 aliphatic rings. The predicted molar refractivity (Wildman–Crippen MR) is 263 cm³/mol. The van der Waals surface area contributed by atoms with Crippen LogP contribution in [0.3, 0.4) is 0 Å². The van der Waals surface area contributed by atoms with Crippen LogP contribution in [0.2, 0.25) is 0 Å². The lowest BCUT2D eigenvalue weighted by atomic mass is 9.82. The second-order valence-electron chi connectivity index (χ2n) is 17.5. The second-order valence-corrected chi connectivity index (χ2v) is 17.5. The van der Waals surface area contributed by atoms with Crippen molar-refractivity contribution < 1.29 is 0 Å². The highest BCUT2D eigenvalue weighted by atomic mass is 15.1. The van der Waals surface area contributed by atoms with Crippen molar-refractivity contribution in [1.29, 1.82) is 0 Å². The van der Waals surface area contributed by atoms with Gasteiger partial charge in [0.1, 0.15) is 0 Å². The Morgan fingerprint density at radius 3 is 1.89 bits per heavy atom. The maximum absolute atomic E-state index is 3.95. The van der Waals surface area contributed by atoms with Gasteiger partial charge in [0.05, 0.1) is 11.0 Å². The summed E-state index contributed by atoms with van der Waals surface area (Å²) < 4.78 is 2.41. The zero-order valence-electron chi connectivity index (χ0n) is 35.5. The molecule has 2 nitrogen and oxygen atoms in total. The Morgan fingerprint density at radius 1 is 0.548 bits per heavy atom. The Labute approximate surface area is 365 Å². The van der Waals surface area contributed by atoms with E-state index < -0.39 is 0 Å². The van der Waals surface area contributed by atoms with Gasteiger partial charge < -0.3 is 9.47 Å². The number of benzene rings is 8. The topological polar surface area (TPSA) is 8.17 Å². The van der Waals surface area contributed by atoms with E-state index in [0.29, 0.717) is 0 Å². The van der Waals surface area contributed by atoms with E-state index in [1.54, 1.807) is 0 Å². The first-order valence-corrected chi connectivity index (χ1v) is 21.8. The van der Waals surface area contributed by atoms with E-state index in [1.807, 2.05) is 6.08 Å². The molecular weight excluding hydrogens is 749 g/mol. The zero-order chi connectivity index (χ0) is 42.0. The molecule has 9 aromatic rings. The summed E-state index contributed by atoms with van der Waals surface area (Å²) in [5.74, 6) is 0.457. The molecule has 0 saturated heterocycles. The fourth-order valence-electron chi connectivity index (χ4n) is 10.2. The van der Waals surface area contributed by atoms with Crippen LogP contribution in [0.15, 0.2) is 219 Å². The summed E-state index contributed by atoms with van der Waals surface area (Å²) in [6, 6.07) is 69.2. The lowest BCUT2D eigenvalue weighted by Gasteiger charge is -2.32. The van der Waals surface area contributed by atoms with E-state index >= 15 is 0 Å². The summed E-state index contributed by atoms with van der Waals surface area (Å²) in [5, 5.41) is 2.52. The van der Waals surface area contributed by atoms with Crippen molar-refractivity contribution in [1.82, 2.24) is 4.57 Å². The van der Waals surface area contributed by atoms with Crippen LogP contribution in [-0.2, 0) is 5.41 Å². The summed E-state index contributed by atoms with van der Waals surface area (Å²) in [7, 11) is 0. The smallest absolute Gasteiger partial charge is 0.0541 e. The molecule has 0 aliphatic heterocycles. The summed E-state index contributed by atoms with van der Waals surface area (Å²) in [4.78, 5) is 2.46. The summed E-state index contributed by atoms with van der Waals surface area (Å²) >= 11 is 0. The van der Waals surface area contributed by atoms with Gasteiger partial charge >= 0.3 is 0 Å². The Hall–Kier alpha value is -7.42. The Kier molecular flexibility index (Phi) is 9.05. The molecule has 0 spiro atoms. The minimum Gasteiger partial charge on any atom is -0.311 e. The number of nitrogens with zero attached hydrogens (tertiary/aromatic N) is 2. The summed E-state index contributed by atoms with van der Waals surface area (Å²) in [6.45, 7) is 11.1. The highest BCUT2D eigenvalue weighted by molar-refractivity contribution is 6.10. The van der Waals surface area contributed by atoms with Gasteiger partial charge in [0.15, 0.2) is 0 Å². The molecule has 1 heterocycles. The van der Waals surface area contributed by atoms with Crippen molar-refractivity contribution in [3.05, 3.63) is 241 Å². The first kappa shape index (κ1) is 37.6. The number of fused-ring (bicyclic) bond motifs is 6. The highest BCUT2D eigenvalue weighted by Crippen LogP contribution is 2.51. The predicted octanol–water partition coefficient (Wildman–Crippen LogP) is 16.1. The van der Waals surface area contributed by atoms with Gasteiger partial charge in [-0.3, -0.25) is 0 Å². The van der Waals surface area contributed by atoms with Gasteiger partial charge in [-0.15, -0.1) is 0 Å². The van der Waals surface area contributed by atoms with Gasteiger partial charge in [0, 0.05) is 44.9 Å². The molecule has 11 rings (SSSR count). The molecule has 0 N–H and O–H groups in total. The number of hydrogen-bond donors (Lipinski definition) is 0. The number of aromatic nitrogens is 1. The minimum absolute atomic E-state index is 0.0981. The van der Waals surface area contributed by atoms with E-state index in [-0.39, 0.29) is 17.3 Å². The van der Waals surface area contributed by atoms with Crippen LogP contribution in [-0.4, -0.2) is 4.57 Å². The van der Waals surface area contributed by atoms with E-state index in [4.69, 9.17) is 0 Å². The van der Waals surface area contributed by atoms with Crippen LogP contribution in [0.4, 0.5) is 11.4 Å². The van der Waals surface area contributed by atoms with Crippen molar-refractivity contribution in [3.63, 3.8) is 0 Å². The SMILES string of the molecule is C=Cc1ccc(-c2ccc3c(c2)c2cc(C4C=CC(N(c5ccc(-c6ccccc6)cc5)c5ccc6c(c5)C(C)(C)c5ccccc5-6)=CC4C)ccc2n3-c2ccccc2)cc1. The van der Waals surface area contributed by atoms with Crippen molar-refractivity contribution in [2.24, 2.45) is 5.92 Å². The number of allylic oxidation sites excluding steroid dienone is 3. The van der Waals surface area contributed by atoms with Gasteiger partial charge in [0.2, 0.25) is 0 Å². The van der Waals surface area contributed by atoms with Crippen LogP contribution in [0, 0.1) is 5.92 Å². The van der Waals surface area contributed by atoms with Gasteiger partial charge in [-0.1, -0.05) is 173 Å². The normalized spacial score (nSPS) is 16.2. The molecule has 0 fully saturated rings. The van der Waals surface area contributed by atoms with E-state index in [2.05, 4.69) is 243 Å². The van der Waals surface area contributed by atoms with E-state index in [0.717, 1.165) is 16.9 Å². The number of hydrogen-bond acceptors (Lipinski definition) is 1. The first-order chi connectivity index (χ1) is 30.4.